The summed E-state index contributed by atoms with van der Waals surface area (Å²) in [5.41, 5.74) is 12.1. The van der Waals surface area contributed by atoms with Crippen molar-refractivity contribution in [1.82, 2.24) is 4.90 Å². The molecule has 0 radical (unpaired) electrons. The molecule has 21 heavy (non-hydrogen) atoms. The minimum absolute atomic E-state index is 0.0535. The number of halogens is 1. The molecule has 0 saturated heterocycles. The summed E-state index contributed by atoms with van der Waals surface area (Å²) in [6.45, 7) is 4.09. The molecule has 6 heteroatoms. The summed E-state index contributed by atoms with van der Waals surface area (Å²) < 4.78 is 0.954. The zero-order valence-electron chi connectivity index (χ0n) is 12.4. The van der Waals surface area contributed by atoms with Crippen LogP contribution in [0.3, 0.4) is 0 Å². The van der Waals surface area contributed by atoms with Crippen molar-refractivity contribution in [2.75, 3.05) is 6.54 Å². The number of rotatable bonds is 7. The molecule has 1 aromatic carbocycles. The molecule has 116 valence electrons. The van der Waals surface area contributed by atoms with Crippen molar-refractivity contribution in [2.45, 2.75) is 32.9 Å². The first-order valence-electron chi connectivity index (χ1n) is 6.92. The van der Waals surface area contributed by atoms with Gasteiger partial charge < -0.3 is 16.4 Å². The lowest BCUT2D eigenvalue weighted by Gasteiger charge is -2.27. The smallest absolute Gasteiger partial charge is 0.240 e. The summed E-state index contributed by atoms with van der Waals surface area (Å²) in [7, 11) is 0. The maximum absolute atomic E-state index is 12.4. The molecule has 0 saturated carbocycles. The Morgan fingerprint density at radius 3 is 2.33 bits per heavy atom. The number of amides is 2. The summed E-state index contributed by atoms with van der Waals surface area (Å²) in [6.07, 6.45) is 0.801. The van der Waals surface area contributed by atoms with E-state index < -0.39 is 11.9 Å². The maximum Gasteiger partial charge on any atom is 0.240 e. The number of carbonyl (C=O) groups is 2. The first-order chi connectivity index (χ1) is 9.85. The van der Waals surface area contributed by atoms with Crippen LogP contribution in [-0.2, 0) is 16.1 Å². The van der Waals surface area contributed by atoms with Crippen LogP contribution < -0.4 is 11.5 Å². The van der Waals surface area contributed by atoms with Gasteiger partial charge in [0.05, 0.1) is 12.6 Å². The van der Waals surface area contributed by atoms with Crippen LogP contribution in [0, 0.1) is 5.92 Å². The Bertz CT molecular complexity index is 490. The second-order valence-electron chi connectivity index (χ2n) is 5.20. The molecule has 1 aromatic rings. The predicted molar refractivity (Wildman–Crippen MR) is 86.2 cm³/mol. The van der Waals surface area contributed by atoms with Gasteiger partial charge in [-0.25, -0.2) is 0 Å². The third-order valence-electron chi connectivity index (χ3n) is 3.49. The molecule has 0 aromatic heterocycles. The number of hydrogen-bond acceptors (Lipinski definition) is 3. The molecule has 2 unspecified atom stereocenters. The standard InChI is InChI=1S/C15H22BrN3O2/c1-3-10(2)14(18)15(21)19(9-13(17)20)8-11-4-6-12(16)7-5-11/h4-7,10,14H,3,8-9,18H2,1-2H3,(H2,17,20). The van der Waals surface area contributed by atoms with Crippen LogP contribution in [-0.4, -0.2) is 29.3 Å². The molecule has 2 amide bonds. The van der Waals surface area contributed by atoms with Crippen molar-refractivity contribution in [3.8, 4) is 0 Å². The molecule has 0 aliphatic carbocycles. The van der Waals surface area contributed by atoms with Crippen LogP contribution in [0.15, 0.2) is 28.7 Å². The van der Waals surface area contributed by atoms with E-state index in [9.17, 15) is 9.59 Å². The van der Waals surface area contributed by atoms with E-state index in [-0.39, 0.29) is 18.4 Å². The number of nitrogens with two attached hydrogens (primary N) is 2. The molecule has 0 spiro atoms. The quantitative estimate of drug-likeness (QED) is 0.778. The van der Waals surface area contributed by atoms with E-state index in [0.717, 1.165) is 16.5 Å². The van der Waals surface area contributed by atoms with E-state index in [0.29, 0.717) is 6.54 Å². The molecule has 0 bridgehead atoms. The Hall–Kier alpha value is -1.40. The number of primary amides is 1. The van der Waals surface area contributed by atoms with Crippen molar-refractivity contribution in [1.29, 1.82) is 0 Å². The molecule has 0 heterocycles. The van der Waals surface area contributed by atoms with Crippen molar-refractivity contribution < 1.29 is 9.59 Å². The highest BCUT2D eigenvalue weighted by Crippen LogP contribution is 2.14. The summed E-state index contributed by atoms with van der Waals surface area (Å²) in [4.78, 5) is 25.1. The lowest BCUT2D eigenvalue weighted by molar-refractivity contribution is -0.137. The van der Waals surface area contributed by atoms with Crippen molar-refractivity contribution >= 4 is 27.7 Å². The van der Waals surface area contributed by atoms with E-state index in [1.807, 2.05) is 38.1 Å². The average molecular weight is 356 g/mol. The van der Waals surface area contributed by atoms with Gasteiger partial charge in [-0.2, -0.15) is 0 Å². The number of carbonyl (C=O) groups excluding carboxylic acids is 2. The fourth-order valence-corrected chi connectivity index (χ4v) is 2.18. The SMILES string of the molecule is CCC(C)C(N)C(=O)N(CC(N)=O)Cc1ccc(Br)cc1. The maximum atomic E-state index is 12.4. The van der Waals surface area contributed by atoms with Gasteiger partial charge >= 0.3 is 0 Å². The second-order valence-corrected chi connectivity index (χ2v) is 6.11. The minimum atomic E-state index is -0.621. The second kappa shape index (κ2) is 8.14. The zero-order chi connectivity index (χ0) is 16.0. The molecule has 0 fully saturated rings. The van der Waals surface area contributed by atoms with E-state index in [1.54, 1.807) is 0 Å². The Morgan fingerprint density at radius 1 is 1.29 bits per heavy atom. The first-order valence-corrected chi connectivity index (χ1v) is 7.71. The Morgan fingerprint density at radius 2 is 1.86 bits per heavy atom. The Balaban J connectivity index is 2.86. The molecular weight excluding hydrogens is 334 g/mol. The number of hydrogen-bond donors (Lipinski definition) is 2. The summed E-state index contributed by atoms with van der Waals surface area (Å²) in [6, 6.07) is 6.93. The van der Waals surface area contributed by atoms with E-state index >= 15 is 0 Å². The van der Waals surface area contributed by atoms with Gasteiger partial charge in [-0.1, -0.05) is 48.3 Å². The normalized spacial score (nSPS) is 13.5. The first kappa shape index (κ1) is 17.7. The molecule has 2 atom stereocenters. The van der Waals surface area contributed by atoms with Crippen LogP contribution in [0.2, 0.25) is 0 Å². The van der Waals surface area contributed by atoms with Gasteiger partial charge in [-0.05, 0) is 23.6 Å². The van der Waals surface area contributed by atoms with E-state index in [1.165, 1.54) is 4.90 Å². The Labute approximate surface area is 133 Å². The summed E-state index contributed by atoms with van der Waals surface area (Å²) >= 11 is 3.36. The average Bonchev–Trinajstić information content (AvgIpc) is 2.46. The van der Waals surface area contributed by atoms with E-state index in [4.69, 9.17) is 11.5 Å². The molecule has 0 aliphatic rings. The predicted octanol–water partition coefficient (Wildman–Crippen LogP) is 1.64. The van der Waals surface area contributed by atoms with Crippen molar-refractivity contribution in [3.63, 3.8) is 0 Å². The van der Waals surface area contributed by atoms with Crippen LogP contribution in [0.25, 0.3) is 0 Å². The topological polar surface area (TPSA) is 89.4 Å². The fraction of sp³-hybridized carbons (Fsp3) is 0.467. The highest BCUT2D eigenvalue weighted by Gasteiger charge is 2.26. The number of nitrogens with zero attached hydrogens (tertiary/aromatic N) is 1. The molecule has 0 aliphatic heterocycles. The van der Waals surface area contributed by atoms with Gasteiger partial charge in [0.15, 0.2) is 0 Å². The van der Waals surface area contributed by atoms with Gasteiger partial charge in [-0.15, -0.1) is 0 Å². The highest BCUT2D eigenvalue weighted by molar-refractivity contribution is 9.10. The molecule has 4 N–H and O–H groups in total. The van der Waals surface area contributed by atoms with Gasteiger partial charge in [-0.3, -0.25) is 9.59 Å². The summed E-state index contributed by atoms with van der Waals surface area (Å²) in [5.74, 6) is -0.735. The van der Waals surface area contributed by atoms with Crippen molar-refractivity contribution in [2.24, 2.45) is 17.4 Å². The van der Waals surface area contributed by atoms with Gasteiger partial charge in [0.25, 0.3) is 0 Å². The fourth-order valence-electron chi connectivity index (χ4n) is 1.92. The van der Waals surface area contributed by atoms with Gasteiger partial charge in [0, 0.05) is 11.0 Å². The van der Waals surface area contributed by atoms with E-state index in [2.05, 4.69) is 15.9 Å². The third kappa shape index (κ3) is 5.47. The lowest BCUT2D eigenvalue weighted by atomic mass is 9.98. The van der Waals surface area contributed by atoms with Crippen LogP contribution in [0.4, 0.5) is 0 Å². The highest BCUT2D eigenvalue weighted by atomic mass is 79.9. The molecule has 1 rings (SSSR count). The molecule has 5 nitrogen and oxygen atoms in total. The van der Waals surface area contributed by atoms with Crippen LogP contribution >= 0.6 is 15.9 Å². The van der Waals surface area contributed by atoms with Crippen LogP contribution in [0.1, 0.15) is 25.8 Å². The Kier molecular flexibility index (Phi) is 6.84. The van der Waals surface area contributed by atoms with Gasteiger partial charge in [0.2, 0.25) is 11.8 Å². The monoisotopic (exact) mass is 355 g/mol. The zero-order valence-corrected chi connectivity index (χ0v) is 14.0. The molecular formula is C15H22BrN3O2. The number of benzene rings is 1. The largest absolute Gasteiger partial charge is 0.368 e. The summed E-state index contributed by atoms with van der Waals surface area (Å²) in [5, 5.41) is 0. The van der Waals surface area contributed by atoms with Crippen molar-refractivity contribution in [3.05, 3.63) is 34.3 Å². The van der Waals surface area contributed by atoms with Crippen LogP contribution in [0.5, 0.6) is 0 Å². The third-order valence-corrected chi connectivity index (χ3v) is 4.02. The minimum Gasteiger partial charge on any atom is -0.368 e. The van der Waals surface area contributed by atoms with Gasteiger partial charge in [0.1, 0.15) is 0 Å². The lowest BCUT2D eigenvalue weighted by Crippen LogP contribution is -2.49.